The van der Waals surface area contributed by atoms with E-state index in [1.54, 1.807) is 0 Å². The molecule has 5 fully saturated rings. The van der Waals surface area contributed by atoms with Gasteiger partial charge in [-0.15, -0.1) is 0 Å². The van der Waals surface area contributed by atoms with E-state index < -0.39 is 78.5 Å². The van der Waals surface area contributed by atoms with E-state index in [1.807, 2.05) is 6.92 Å². The minimum absolute atomic E-state index is 0.0773. The van der Waals surface area contributed by atoms with E-state index in [-0.39, 0.29) is 42.4 Å². The van der Waals surface area contributed by atoms with Gasteiger partial charge in [-0.1, -0.05) is 6.92 Å². The molecule has 0 radical (unpaired) electrons. The highest BCUT2D eigenvalue weighted by molar-refractivity contribution is 6.00. The predicted molar refractivity (Wildman–Crippen MR) is 145 cm³/mol. The average Bonchev–Trinajstić information content (AvgIpc) is 2.96. The lowest BCUT2D eigenvalue weighted by atomic mass is 9.55. The van der Waals surface area contributed by atoms with Gasteiger partial charge in [0.15, 0.2) is 6.29 Å². The van der Waals surface area contributed by atoms with Gasteiger partial charge in [-0.2, -0.15) is 0 Å². The minimum atomic E-state index is -2.70. The lowest BCUT2D eigenvalue weighted by Gasteiger charge is -2.54. The Morgan fingerprint density at radius 2 is 1.74 bits per heavy atom. The summed E-state index contributed by atoms with van der Waals surface area (Å²) in [4.78, 5) is 27.6. The lowest BCUT2D eigenvalue weighted by molar-refractivity contribution is -0.436. The van der Waals surface area contributed by atoms with E-state index in [2.05, 4.69) is 5.32 Å². The lowest BCUT2D eigenvalue weighted by Crippen LogP contribution is -2.74. The number of fused-ring (bicyclic) bond motifs is 2. The van der Waals surface area contributed by atoms with Gasteiger partial charge in [0.25, 0.3) is 0 Å². The van der Waals surface area contributed by atoms with Crippen LogP contribution in [0.15, 0.2) is 0 Å². The Morgan fingerprint density at radius 1 is 1.02 bits per heavy atom. The number of ether oxygens (including phenoxy) is 3. The Balaban J connectivity index is 1.36. The molecular weight excluding hydrogens is 552 g/mol. The fraction of sp³-hybridized carbons (Fsp3) is 0.931. The number of piperidine rings is 1. The highest BCUT2D eigenvalue weighted by Crippen LogP contribution is 2.50. The Hall–Kier alpha value is -1.10. The van der Waals surface area contributed by atoms with Gasteiger partial charge < -0.3 is 55.9 Å². The second-order valence-corrected chi connectivity index (χ2v) is 13.5. The van der Waals surface area contributed by atoms with Crippen LogP contribution in [0.25, 0.3) is 0 Å². The number of aliphatic hydroxyl groups is 6. The third-order valence-electron chi connectivity index (χ3n) is 10.8. The normalized spacial score (nSPS) is 51.6. The van der Waals surface area contributed by atoms with Crippen LogP contribution in [0.1, 0.15) is 58.3 Å². The van der Waals surface area contributed by atoms with Gasteiger partial charge in [-0.3, -0.25) is 9.59 Å². The molecule has 3 saturated carbocycles. The summed E-state index contributed by atoms with van der Waals surface area (Å²) in [6.07, 6.45) is -5.33. The van der Waals surface area contributed by atoms with Crippen LogP contribution in [0.5, 0.6) is 0 Å². The highest BCUT2D eigenvalue weighted by atomic mass is 16.8. The van der Waals surface area contributed by atoms with Gasteiger partial charge >= 0.3 is 0 Å². The monoisotopic (exact) mass is 600 g/mol. The third kappa shape index (κ3) is 5.60. The third-order valence-corrected chi connectivity index (χ3v) is 10.8. The average molecular weight is 601 g/mol. The number of carbonyl (C=O) groups excluding carboxylic acids is 2. The molecule has 0 amide bonds. The summed E-state index contributed by atoms with van der Waals surface area (Å²) in [6.45, 7) is 1.52. The summed E-state index contributed by atoms with van der Waals surface area (Å²) in [5.74, 6) is -6.05. The summed E-state index contributed by atoms with van der Waals surface area (Å²) in [5.41, 5.74) is 3.54. The number of carbonyl (C=O) groups is 2. The smallest absolute Gasteiger partial charge is 0.224 e. The van der Waals surface area contributed by atoms with Crippen LogP contribution >= 0.6 is 0 Å². The van der Waals surface area contributed by atoms with Crippen LogP contribution in [0.2, 0.25) is 0 Å². The van der Waals surface area contributed by atoms with Crippen molar-refractivity contribution in [2.24, 2.45) is 41.2 Å². The highest BCUT2D eigenvalue weighted by Gasteiger charge is 2.65. The second-order valence-electron chi connectivity index (χ2n) is 13.5. The molecule has 2 saturated heterocycles. The summed E-state index contributed by atoms with van der Waals surface area (Å²) in [6, 6.07) is 0. The maximum atomic E-state index is 13.9. The number of aliphatic hydroxyl groups excluding tert-OH is 4. The van der Waals surface area contributed by atoms with E-state index in [0.717, 1.165) is 6.42 Å². The molecule has 13 nitrogen and oxygen atoms in total. The fourth-order valence-corrected chi connectivity index (χ4v) is 8.42. The Morgan fingerprint density at radius 3 is 2.40 bits per heavy atom. The number of Topliss-reactive ketones (excluding diaryl/α,β-unsaturated/α-hetero) is 2. The molecule has 15 atom stereocenters. The molecule has 3 aliphatic carbocycles. The van der Waals surface area contributed by atoms with Gasteiger partial charge in [0.05, 0.1) is 36.3 Å². The van der Waals surface area contributed by atoms with Crippen molar-refractivity contribution in [3.63, 3.8) is 0 Å². The van der Waals surface area contributed by atoms with E-state index in [4.69, 9.17) is 19.9 Å². The zero-order valence-corrected chi connectivity index (χ0v) is 24.4. The number of methoxy groups -OCH3 is 1. The van der Waals surface area contributed by atoms with Crippen molar-refractivity contribution >= 4 is 11.6 Å². The molecule has 0 aromatic carbocycles. The van der Waals surface area contributed by atoms with Crippen molar-refractivity contribution in [3.8, 4) is 0 Å². The standard InChI is InChI=1S/C29H48N2O11/c1-13-7-16-21(18(33)8-13)24(35)22-17(23(16)34)10-15(40-2)11-19(22)41-27-25(36)26(37)28(38,29(39,12-32)42-27)5-3-14-4-6-31-20(30)9-14/h13-22,25-27,31-33,36-39H,3-12,30H2,1-2H3/t13?,14?,15?,16?,17?,18?,19?,20?,21?,22?,25-,26-,27+,28+,29-/m1/s1. The molecule has 2 heterocycles. The molecular formula is C29H48N2O11. The molecule has 13 heteroatoms. The zero-order valence-electron chi connectivity index (χ0n) is 24.4. The number of hydrogen-bond donors (Lipinski definition) is 8. The van der Waals surface area contributed by atoms with Gasteiger partial charge in [0, 0.05) is 25.4 Å². The Labute approximate surface area is 245 Å². The van der Waals surface area contributed by atoms with Crippen molar-refractivity contribution in [1.29, 1.82) is 0 Å². The first kappa shape index (κ1) is 32.3. The number of hydrogen-bond acceptors (Lipinski definition) is 13. The molecule has 42 heavy (non-hydrogen) atoms. The second kappa shape index (κ2) is 12.4. The summed E-state index contributed by atoms with van der Waals surface area (Å²) in [7, 11) is 1.49. The first-order chi connectivity index (χ1) is 19.8. The van der Waals surface area contributed by atoms with Crippen LogP contribution in [0.3, 0.4) is 0 Å². The number of rotatable bonds is 7. The Bertz CT molecular complexity index is 1000. The van der Waals surface area contributed by atoms with Crippen LogP contribution in [-0.2, 0) is 23.8 Å². The molecule has 0 aromatic rings. The van der Waals surface area contributed by atoms with Crippen molar-refractivity contribution in [2.75, 3.05) is 20.3 Å². The van der Waals surface area contributed by atoms with Crippen LogP contribution in [-0.4, -0.2) is 117 Å². The van der Waals surface area contributed by atoms with Gasteiger partial charge in [-0.05, 0) is 63.3 Å². The summed E-state index contributed by atoms with van der Waals surface area (Å²) >= 11 is 0. The van der Waals surface area contributed by atoms with Crippen molar-refractivity contribution < 1.29 is 54.4 Å². The zero-order chi connectivity index (χ0) is 30.6. The molecule has 5 aliphatic rings. The summed E-state index contributed by atoms with van der Waals surface area (Å²) < 4.78 is 17.3. The summed E-state index contributed by atoms with van der Waals surface area (Å²) in [5, 5.41) is 69.1. The fourth-order valence-electron chi connectivity index (χ4n) is 8.42. The maximum Gasteiger partial charge on any atom is 0.224 e. The van der Waals surface area contributed by atoms with Crippen molar-refractivity contribution in [2.45, 2.75) is 113 Å². The molecule has 5 rings (SSSR count). The van der Waals surface area contributed by atoms with Gasteiger partial charge in [0.2, 0.25) is 5.79 Å². The first-order valence-electron chi connectivity index (χ1n) is 15.4. The molecule has 0 aromatic heterocycles. The van der Waals surface area contributed by atoms with E-state index in [9.17, 15) is 40.2 Å². The largest absolute Gasteiger partial charge is 0.392 e. The molecule has 0 spiro atoms. The molecule has 9 N–H and O–H groups in total. The number of ketones is 2. The van der Waals surface area contributed by atoms with Crippen LogP contribution in [0, 0.1) is 35.5 Å². The number of nitrogens with two attached hydrogens (primary N) is 1. The molecule has 2 aliphatic heterocycles. The van der Waals surface area contributed by atoms with E-state index in [0.29, 0.717) is 38.6 Å². The topological polar surface area (TPSA) is 221 Å². The molecule has 0 bridgehead atoms. The van der Waals surface area contributed by atoms with E-state index >= 15 is 0 Å². The van der Waals surface area contributed by atoms with Crippen molar-refractivity contribution in [3.05, 3.63) is 0 Å². The maximum absolute atomic E-state index is 13.9. The van der Waals surface area contributed by atoms with Gasteiger partial charge in [-0.25, -0.2) is 0 Å². The Kier molecular flexibility index (Phi) is 9.50. The molecule has 240 valence electrons. The first-order valence-corrected chi connectivity index (χ1v) is 15.4. The minimum Gasteiger partial charge on any atom is -0.392 e. The van der Waals surface area contributed by atoms with Crippen LogP contribution in [0.4, 0.5) is 0 Å². The van der Waals surface area contributed by atoms with Gasteiger partial charge in [0.1, 0.15) is 36.0 Å². The predicted octanol–water partition coefficient (Wildman–Crippen LogP) is -1.86. The SMILES string of the molecule is COC1CC(O[C@H]2O[C@](O)(CO)[C@](O)(CCC3CCNC(N)C3)[C@H](O)[C@H]2O)C2C(=O)C3C(O)CC(C)CC3C(=O)C2C1. The number of nitrogens with one attached hydrogen (secondary N) is 1. The quantitative estimate of drug-likeness (QED) is 0.161. The van der Waals surface area contributed by atoms with Crippen molar-refractivity contribution in [1.82, 2.24) is 5.32 Å². The van der Waals surface area contributed by atoms with Crippen LogP contribution < -0.4 is 11.1 Å². The molecule has 10 unspecified atom stereocenters. The van der Waals surface area contributed by atoms with E-state index in [1.165, 1.54) is 7.11 Å².